The van der Waals surface area contributed by atoms with Crippen LogP contribution in [0.1, 0.15) is 0 Å². The van der Waals surface area contributed by atoms with E-state index < -0.39 is 0 Å². The van der Waals surface area contributed by atoms with Gasteiger partial charge in [-0.2, -0.15) is 0 Å². The number of hydrogen-bond donors (Lipinski definition) is 1. The summed E-state index contributed by atoms with van der Waals surface area (Å²) in [6.07, 6.45) is 1.55. The molecule has 0 atom stereocenters. The molecule has 0 aromatic heterocycles. The molecule has 0 fully saturated rings. The minimum absolute atomic E-state index is 0. The van der Waals surface area contributed by atoms with Crippen LogP contribution in [-0.4, -0.2) is 11.8 Å². The number of rotatable bonds is 2. The van der Waals surface area contributed by atoms with E-state index in [2.05, 4.69) is 35.0 Å². The molecule has 0 aliphatic heterocycles. The number of nitrogens with zero attached hydrogens (tertiary/aromatic N) is 2. The van der Waals surface area contributed by atoms with Gasteiger partial charge in [-0.3, -0.25) is 0 Å². The van der Waals surface area contributed by atoms with Gasteiger partial charge in [0.2, 0.25) is 0 Å². The topological polar surface area (TPSA) is 60.0 Å². The molecule has 0 saturated carbocycles. The summed E-state index contributed by atoms with van der Waals surface area (Å²) in [6.45, 7) is 3.74. The van der Waals surface area contributed by atoms with E-state index in [1.807, 2.05) is 0 Å². The monoisotopic (exact) mass is 225 g/mol. The van der Waals surface area contributed by atoms with Crippen LogP contribution < -0.4 is 5.84 Å². The van der Waals surface area contributed by atoms with Crippen LogP contribution in [0.25, 0.3) is 0 Å². The van der Waals surface area contributed by atoms with Crippen LogP contribution in [0.4, 0.5) is 0 Å². The van der Waals surface area contributed by atoms with Crippen molar-refractivity contribution in [3.05, 3.63) is 12.7 Å². The second kappa shape index (κ2) is 8.51. The fraction of sp³-hybridized carbons (Fsp3) is 0.250. The van der Waals surface area contributed by atoms with Crippen molar-refractivity contribution in [2.45, 2.75) is 0 Å². The van der Waals surface area contributed by atoms with Crippen molar-refractivity contribution < 1.29 is 4.74 Å². The Morgan fingerprint density at radius 3 is 2.80 bits per heavy atom. The van der Waals surface area contributed by atoms with Crippen LogP contribution in [0.2, 0.25) is 0 Å². The highest BCUT2D eigenvalue weighted by Gasteiger charge is 1.87. The molecular weight excluding hydrogens is 218 g/mol. The molecule has 0 radical (unpaired) electrons. The first-order chi connectivity index (χ1) is 4.31. The van der Waals surface area contributed by atoms with Gasteiger partial charge in [-0.25, -0.2) is 0 Å². The second-order valence-electron chi connectivity index (χ2n) is 1.08. The van der Waals surface area contributed by atoms with E-state index in [1.165, 1.54) is 0 Å². The minimum atomic E-state index is 0. The fourth-order valence-electron chi connectivity index (χ4n) is 0.206. The predicted molar refractivity (Wildman–Crippen MR) is 48.1 cm³/mol. The first-order valence-electron chi connectivity index (χ1n) is 2.20. The maximum Gasteiger partial charge on any atom is 0.304 e. The molecular formula is C4H8BrN3OS. The highest BCUT2D eigenvalue weighted by molar-refractivity contribution is 8.93. The van der Waals surface area contributed by atoms with E-state index in [4.69, 9.17) is 4.74 Å². The average Bonchev–Trinajstić information content (AvgIpc) is 1.85. The minimum Gasteiger partial charge on any atom is -0.464 e. The van der Waals surface area contributed by atoms with Crippen LogP contribution in [0.3, 0.4) is 0 Å². The lowest BCUT2D eigenvalue weighted by molar-refractivity contribution is 0.353. The van der Waals surface area contributed by atoms with Crippen LogP contribution in [0.5, 0.6) is 0 Å². The summed E-state index contributed by atoms with van der Waals surface area (Å²) in [7, 11) is 0. The molecule has 0 bridgehead atoms. The van der Waals surface area contributed by atoms with Crippen LogP contribution in [0, 0.1) is 0 Å². The predicted octanol–water partition coefficient (Wildman–Crippen LogP) is 1.38. The van der Waals surface area contributed by atoms with Crippen molar-refractivity contribution in [2.75, 3.05) is 6.61 Å². The molecule has 0 aliphatic rings. The molecule has 0 aromatic carbocycles. The maximum absolute atomic E-state index is 4.70. The van der Waals surface area contributed by atoms with Crippen molar-refractivity contribution in [2.24, 2.45) is 16.2 Å². The van der Waals surface area contributed by atoms with E-state index in [9.17, 15) is 0 Å². The molecule has 0 unspecified atom stereocenters. The van der Waals surface area contributed by atoms with Gasteiger partial charge in [0.1, 0.15) is 6.61 Å². The average molecular weight is 226 g/mol. The first kappa shape index (κ1) is 12.2. The Hall–Kier alpha value is -0.490. The Bertz CT molecular complexity index is 138. The van der Waals surface area contributed by atoms with Crippen molar-refractivity contribution in [1.29, 1.82) is 0 Å². The molecule has 2 N–H and O–H groups in total. The SMILES string of the molecule is Br.C=CCOC(=S)N=NN. The number of nitrogens with two attached hydrogens (primary N) is 1. The summed E-state index contributed by atoms with van der Waals surface area (Å²) in [5.41, 5.74) is 0. The zero-order valence-corrected chi connectivity index (χ0v) is 7.72. The van der Waals surface area contributed by atoms with Gasteiger partial charge in [0.05, 0.1) is 0 Å². The molecule has 0 spiro atoms. The third-order valence-electron chi connectivity index (χ3n) is 0.464. The van der Waals surface area contributed by atoms with Gasteiger partial charge in [-0.05, 0) is 12.2 Å². The van der Waals surface area contributed by atoms with Gasteiger partial charge in [0, 0.05) is 0 Å². The van der Waals surface area contributed by atoms with Crippen molar-refractivity contribution in [1.82, 2.24) is 0 Å². The molecule has 6 heteroatoms. The standard InChI is InChI=1S/C4H7N3OS.BrH/c1-2-3-8-4(9)6-7-5;/h2H,1,3H2,(H2,5,6,9);1H. The lowest BCUT2D eigenvalue weighted by atomic mass is 10.7. The summed E-state index contributed by atoms with van der Waals surface area (Å²) in [5, 5.41) is 6.16. The molecule has 0 amide bonds. The van der Waals surface area contributed by atoms with Gasteiger partial charge in [-0.15, -0.1) is 17.0 Å². The number of thiocarbonyl (C=S) groups is 1. The van der Waals surface area contributed by atoms with Gasteiger partial charge < -0.3 is 10.6 Å². The highest BCUT2D eigenvalue weighted by Crippen LogP contribution is 1.83. The van der Waals surface area contributed by atoms with Crippen molar-refractivity contribution in [3.8, 4) is 0 Å². The quantitative estimate of drug-likeness (QED) is 0.254. The zero-order chi connectivity index (χ0) is 7.11. The van der Waals surface area contributed by atoms with E-state index in [-0.39, 0.29) is 22.2 Å². The third kappa shape index (κ3) is 7.51. The second-order valence-corrected chi connectivity index (χ2v) is 1.43. The fourth-order valence-corrected chi connectivity index (χ4v) is 0.321. The van der Waals surface area contributed by atoms with Gasteiger partial charge in [0.25, 0.3) is 0 Å². The van der Waals surface area contributed by atoms with Gasteiger partial charge in [-0.1, -0.05) is 23.0 Å². The number of hydrogen-bond acceptors (Lipinski definition) is 3. The molecule has 58 valence electrons. The highest BCUT2D eigenvalue weighted by atomic mass is 79.9. The lowest BCUT2D eigenvalue weighted by Gasteiger charge is -1.94. The van der Waals surface area contributed by atoms with E-state index >= 15 is 0 Å². The maximum atomic E-state index is 4.70. The Morgan fingerprint density at radius 2 is 2.40 bits per heavy atom. The Kier molecular flexibility index (Phi) is 10.4. The van der Waals surface area contributed by atoms with E-state index in [0.717, 1.165) is 0 Å². The summed E-state index contributed by atoms with van der Waals surface area (Å²) < 4.78 is 4.70. The summed E-state index contributed by atoms with van der Waals surface area (Å²) in [5.74, 6) is 4.67. The lowest BCUT2D eigenvalue weighted by Crippen LogP contribution is -1.97. The zero-order valence-electron chi connectivity index (χ0n) is 5.19. The molecule has 0 saturated heterocycles. The summed E-state index contributed by atoms with van der Waals surface area (Å²) in [6, 6.07) is 0. The smallest absolute Gasteiger partial charge is 0.304 e. The summed E-state index contributed by atoms with van der Waals surface area (Å²) in [4.78, 5) is 0. The van der Waals surface area contributed by atoms with Gasteiger partial charge >= 0.3 is 5.17 Å². The van der Waals surface area contributed by atoms with Crippen LogP contribution in [-0.2, 0) is 4.74 Å². The largest absolute Gasteiger partial charge is 0.464 e. The third-order valence-corrected chi connectivity index (χ3v) is 0.664. The summed E-state index contributed by atoms with van der Waals surface area (Å²) >= 11 is 4.51. The van der Waals surface area contributed by atoms with Gasteiger partial charge in [0.15, 0.2) is 0 Å². The van der Waals surface area contributed by atoms with E-state index in [1.54, 1.807) is 6.08 Å². The molecule has 0 heterocycles. The van der Waals surface area contributed by atoms with Crippen molar-refractivity contribution >= 4 is 34.4 Å². The van der Waals surface area contributed by atoms with Crippen molar-refractivity contribution in [3.63, 3.8) is 0 Å². The number of halogens is 1. The molecule has 0 aliphatic carbocycles. The molecule has 0 rings (SSSR count). The van der Waals surface area contributed by atoms with E-state index in [0.29, 0.717) is 6.61 Å². The molecule has 0 aromatic rings. The molecule has 4 nitrogen and oxygen atoms in total. The number of ether oxygens (including phenoxy) is 1. The van der Waals surface area contributed by atoms with Crippen LogP contribution >= 0.6 is 29.2 Å². The first-order valence-corrected chi connectivity index (χ1v) is 2.60. The Labute approximate surface area is 74.9 Å². The normalized spacial score (nSPS) is 8.40. The van der Waals surface area contributed by atoms with Crippen LogP contribution in [0.15, 0.2) is 23.0 Å². The molecule has 10 heavy (non-hydrogen) atoms. The Morgan fingerprint density at radius 1 is 1.80 bits per heavy atom. The Balaban J connectivity index is 0.